The first-order valence-corrected chi connectivity index (χ1v) is 13.2. The summed E-state index contributed by atoms with van der Waals surface area (Å²) in [4.78, 5) is 36.8. The van der Waals surface area contributed by atoms with Crippen LogP contribution >= 0.6 is 0 Å². The van der Waals surface area contributed by atoms with E-state index in [0.717, 1.165) is 0 Å². The molecular formula is C23H31N5O7S. The molecule has 36 heavy (non-hydrogen) atoms. The Bertz CT molecular complexity index is 1220. The maximum absolute atomic E-state index is 13.2. The van der Waals surface area contributed by atoms with Crippen molar-refractivity contribution < 1.29 is 32.6 Å². The van der Waals surface area contributed by atoms with E-state index in [1.54, 1.807) is 6.92 Å². The van der Waals surface area contributed by atoms with Gasteiger partial charge in [0.25, 0.3) is 11.8 Å². The molecule has 1 aromatic heterocycles. The number of carbonyl (C=O) groups is 3. The summed E-state index contributed by atoms with van der Waals surface area (Å²) in [7, 11) is -3.98. The van der Waals surface area contributed by atoms with E-state index < -0.39 is 33.7 Å². The molecule has 1 fully saturated rings. The largest absolute Gasteiger partial charge is 0.493 e. The number of amides is 2. The van der Waals surface area contributed by atoms with Gasteiger partial charge in [0.1, 0.15) is 11.4 Å². The number of anilines is 1. The van der Waals surface area contributed by atoms with Crippen LogP contribution in [0.2, 0.25) is 0 Å². The number of carboxylic acid groups (broad SMARTS) is 1. The maximum Gasteiger partial charge on any atom is 0.306 e. The van der Waals surface area contributed by atoms with E-state index in [9.17, 15) is 27.9 Å². The van der Waals surface area contributed by atoms with Crippen LogP contribution in [0.1, 0.15) is 60.9 Å². The van der Waals surface area contributed by atoms with Gasteiger partial charge < -0.3 is 20.5 Å². The summed E-state index contributed by atoms with van der Waals surface area (Å²) in [6.07, 6.45) is 2.42. The van der Waals surface area contributed by atoms with Gasteiger partial charge >= 0.3 is 5.97 Å². The molecule has 1 aromatic carbocycles. The first kappa shape index (κ1) is 27.1. The van der Waals surface area contributed by atoms with Crippen LogP contribution in [0.3, 0.4) is 0 Å². The van der Waals surface area contributed by atoms with Gasteiger partial charge in [0.15, 0.2) is 0 Å². The van der Waals surface area contributed by atoms with Crippen molar-refractivity contribution in [1.82, 2.24) is 19.8 Å². The fourth-order valence-corrected chi connectivity index (χ4v) is 5.26. The number of hydrogen-bond donors (Lipinski definition) is 4. The van der Waals surface area contributed by atoms with Gasteiger partial charge in [-0.1, -0.05) is 6.92 Å². The van der Waals surface area contributed by atoms with Crippen molar-refractivity contribution in [2.45, 2.75) is 51.0 Å². The van der Waals surface area contributed by atoms with Crippen LogP contribution in [0.25, 0.3) is 0 Å². The molecule has 2 heterocycles. The number of benzene rings is 1. The lowest BCUT2D eigenvalue weighted by Gasteiger charge is -2.29. The average Bonchev–Trinajstić information content (AvgIpc) is 3.32. The van der Waals surface area contributed by atoms with E-state index in [0.29, 0.717) is 6.42 Å². The van der Waals surface area contributed by atoms with E-state index in [1.807, 2.05) is 13.8 Å². The summed E-state index contributed by atoms with van der Waals surface area (Å²) in [5, 5.41) is 21.0. The Kier molecular flexibility index (Phi) is 8.69. The quantitative estimate of drug-likeness (QED) is 0.368. The Morgan fingerprint density at radius 2 is 1.92 bits per heavy atom. The molecule has 1 aliphatic heterocycles. The third-order valence-electron chi connectivity index (χ3n) is 6.04. The lowest BCUT2D eigenvalue weighted by atomic mass is 9.99. The van der Waals surface area contributed by atoms with Crippen LogP contribution in [0.5, 0.6) is 5.75 Å². The van der Waals surface area contributed by atoms with Crippen LogP contribution in [-0.2, 0) is 14.8 Å². The number of aromatic nitrogens is 2. The highest BCUT2D eigenvalue weighted by atomic mass is 32.2. The number of nitrogens with zero attached hydrogens (tertiary/aromatic N) is 2. The Hall–Kier alpha value is -3.45. The SMILES string of the molecule is CCOc1ccc(S(=O)(=O)N2CCC(C(=O)O)CC2)cc1C(=O)Nc1cn[nH]c1C(=O)NC(C)CC. The Labute approximate surface area is 209 Å². The molecule has 12 nitrogen and oxygen atoms in total. The molecule has 1 unspecified atom stereocenters. The van der Waals surface area contributed by atoms with E-state index in [1.165, 1.54) is 28.7 Å². The number of carboxylic acids is 1. The van der Waals surface area contributed by atoms with Gasteiger partial charge in [0, 0.05) is 19.1 Å². The van der Waals surface area contributed by atoms with Gasteiger partial charge in [-0.15, -0.1) is 0 Å². The number of piperidine rings is 1. The van der Waals surface area contributed by atoms with Crippen molar-refractivity contribution >= 4 is 33.5 Å². The monoisotopic (exact) mass is 521 g/mol. The standard InChI is InChI=1S/C23H31N5O7S/c1-4-14(3)25-22(30)20-18(13-24-27-20)26-21(29)17-12-16(6-7-19(17)35-5-2)36(33,34)28-10-8-15(9-11-28)23(31)32/h6-7,12-15H,4-5,8-11H2,1-3H3,(H,24,27)(H,25,30)(H,26,29)(H,31,32). The van der Waals surface area contributed by atoms with Crippen molar-refractivity contribution in [2.75, 3.05) is 25.0 Å². The normalized spacial score (nSPS) is 15.8. The summed E-state index contributed by atoms with van der Waals surface area (Å²) in [6.45, 7) is 5.87. The fourth-order valence-electron chi connectivity index (χ4n) is 3.76. The summed E-state index contributed by atoms with van der Waals surface area (Å²) < 4.78 is 33.2. The number of rotatable bonds is 10. The zero-order chi connectivity index (χ0) is 26.5. The second-order valence-electron chi connectivity index (χ2n) is 8.50. The van der Waals surface area contributed by atoms with Crippen LogP contribution < -0.4 is 15.4 Å². The molecular weight excluding hydrogens is 490 g/mol. The number of ether oxygens (including phenoxy) is 1. The van der Waals surface area contributed by atoms with Crippen molar-refractivity contribution in [3.63, 3.8) is 0 Å². The zero-order valence-corrected chi connectivity index (χ0v) is 21.2. The Balaban J connectivity index is 1.86. The van der Waals surface area contributed by atoms with Gasteiger partial charge in [-0.2, -0.15) is 9.40 Å². The Morgan fingerprint density at radius 3 is 2.53 bits per heavy atom. The summed E-state index contributed by atoms with van der Waals surface area (Å²) in [5.41, 5.74) is 0.159. The molecule has 13 heteroatoms. The van der Waals surface area contributed by atoms with E-state index in [4.69, 9.17) is 4.74 Å². The number of carbonyl (C=O) groups excluding carboxylic acids is 2. The van der Waals surface area contributed by atoms with E-state index in [-0.39, 0.29) is 66.2 Å². The highest BCUT2D eigenvalue weighted by molar-refractivity contribution is 7.89. The predicted molar refractivity (Wildman–Crippen MR) is 130 cm³/mol. The summed E-state index contributed by atoms with van der Waals surface area (Å²) in [5.74, 6) is -2.47. The summed E-state index contributed by atoms with van der Waals surface area (Å²) in [6, 6.07) is 3.89. The fraction of sp³-hybridized carbons (Fsp3) is 0.478. The van der Waals surface area contributed by atoms with Crippen molar-refractivity contribution in [2.24, 2.45) is 5.92 Å². The Morgan fingerprint density at radius 1 is 1.22 bits per heavy atom. The van der Waals surface area contributed by atoms with Gasteiger partial charge in [-0.05, 0) is 51.3 Å². The van der Waals surface area contributed by atoms with E-state index >= 15 is 0 Å². The topological polar surface area (TPSA) is 171 Å². The minimum Gasteiger partial charge on any atom is -0.493 e. The second-order valence-corrected chi connectivity index (χ2v) is 10.4. The van der Waals surface area contributed by atoms with Crippen LogP contribution in [-0.4, -0.2) is 71.5 Å². The van der Waals surface area contributed by atoms with Gasteiger partial charge in [-0.3, -0.25) is 19.5 Å². The maximum atomic E-state index is 13.2. The number of aromatic amines is 1. The highest BCUT2D eigenvalue weighted by Crippen LogP contribution is 2.29. The molecule has 4 N–H and O–H groups in total. The zero-order valence-electron chi connectivity index (χ0n) is 20.4. The molecule has 0 bridgehead atoms. The number of sulfonamides is 1. The van der Waals surface area contributed by atoms with E-state index in [2.05, 4.69) is 20.8 Å². The van der Waals surface area contributed by atoms with Crippen molar-refractivity contribution in [3.8, 4) is 5.75 Å². The van der Waals surface area contributed by atoms with Gasteiger partial charge in [0.05, 0.1) is 34.9 Å². The average molecular weight is 522 g/mol. The molecule has 0 radical (unpaired) electrons. The lowest BCUT2D eigenvalue weighted by Crippen LogP contribution is -2.40. The minimum atomic E-state index is -3.98. The number of hydrogen-bond acceptors (Lipinski definition) is 7. The molecule has 2 amide bonds. The first-order chi connectivity index (χ1) is 17.1. The summed E-state index contributed by atoms with van der Waals surface area (Å²) >= 11 is 0. The highest BCUT2D eigenvalue weighted by Gasteiger charge is 2.33. The third-order valence-corrected chi connectivity index (χ3v) is 7.94. The van der Waals surface area contributed by atoms with Gasteiger partial charge in [0.2, 0.25) is 10.0 Å². The predicted octanol–water partition coefficient (Wildman–Crippen LogP) is 2.07. The molecule has 2 aromatic rings. The molecule has 1 aliphatic rings. The molecule has 3 rings (SSSR count). The molecule has 0 spiro atoms. The number of nitrogens with one attached hydrogen (secondary N) is 3. The number of aliphatic carboxylic acids is 1. The van der Waals surface area contributed by atoms with Crippen LogP contribution in [0, 0.1) is 5.92 Å². The van der Waals surface area contributed by atoms with Crippen molar-refractivity contribution in [3.05, 3.63) is 35.7 Å². The molecule has 0 saturated carbocycles. The lowest BCUT2D eigenvalue weighted by molar-refractivity contribution is -0.142. The minimum absolute atomic E-state index is 0.0344. The van der Waals surface area contributed by atoms with Crippen molar-refractivity contribution in [1.29, 1.82) is 0 Å². The first-order valence-electron chi connectivity index (χ1n) is 11.7. The molecule has 0 aliphatic carbocycles. The van der Waals surface area contributed by atoms with Crippen LogP contribution in [0.4, 0.5) is 5.69 Å². The molecule has 1 atom stereocenters. The third kappa shape index (κ3) is 6.02. The molecule has 196 valence electrons. The number of H-pyrrole nitrogens is 1. The molecule has 1 saturated heterocycles. The van der Waals surface area contributed by atoms with Gasteiger partial charge in [-0.25, -0.2) is 8.42 Å². The second kappa shape index (κ2) is 11.5. The smallest absolute Gasteiger partial charge is 0.306 e. The van der Waals surface area contributed by atoms with Crippen LogP contribution in [0.15, 0.2) is 29.3 Å².